The second-order valence-corrected chi connectivity index (χ2v) is 4.10. The van der Waals surface area contributed by atoms with Crippen LogP contribution in [0.2, 0.25) is 0 Å². The Morgan fingerprint density at radius 3 is 2.05 bits per heavy atom. The van der Waals surface area contributed by atoms with Crippen LogP contribution in [0.3, 0.4) is 0 Å². The molecule has 0 radical (unpaired) electrons. The van der Waals surface area contributed by atoms with E-state index in [1.807, 2.05) is 0 Å². The first kappa shape index (κ1) is 17.4. The van der Waals surface area contributed by atoms with Crippen LogP contribution >= 0.6 is 0 Å². The lowest BCUT2D eigenvalue weighted by atomic mass is 10.2. The van der Waals surface area contributed by atoms with Crippen LogP contribution in [0.25, 0.3) is 0 Å². The molecule has 21 heavy (non-hydrogen) atoms. The molecule has 0 spiro atoms. The van der Waals surface area contributed by atoms with Crippen LogP contribution in [0.4, 0.5) is 22.0 Å². The van der Waals surface area contributed by atoms with Crippen LogP contribution in [0.1, 0.15) is 24.8 Å². The van der Waals surface area contributed by atoms with Crippen molar-refractivity contribution in [2.24, 2.45) is 5.16 Å². The average molecular weight is 311 g/mol. The van der Waals surface area contributed by atoms with Gasteiger partial charge in [0.2, 0.25) is 5.82 Å². The van der Waals surface area contributed by atoms with Gasteiger partial charge in [-0.25, -0.2) is 22.0 Å². The Labute approximate surface area is 118 Å². The minimum Gasteiger partial charge on any atom is -0.391 e. The van der Waals surface area contributed by atoms with Crippen molar-refractivity contribution < 1.29 is 31.5 Å². The Bertz CT molecular complexity index is 479. The van der Waals surface area contributed by atoms with Crippen molar-refractivity contribution in [3.05, 3.63) is 34.6 Å². The molecule has 0 fully saturated rings. The summed E-state index contributed by atoms with van der Waals surface area (Å²) in [6.07, 6.45) is 3.46. The minimum absolute atomic E-state index is 0.542. The highest BCUT2D eigenvalue weighted by Crippen LogP contribution is 2.23. The predicted molar refractivity (Wildman–Crippen MR) is 65.2 cm³/mol. The molecule has 1 rings (SSSR count). The molecule has 0 aliphatic carbocycles. The van der Waals surface area contributed by atoms with E-state index in [4.69, 9.17) is 4.74 Å². The van der Waals surface area contributed by atoms with Gasteiger partial charge < -0.3 is 9.57 Å². The second-order valence-electron chi connectivity index (χ2n) is 4.10. The number of ether oxygens (including phenoxy) is 1. The molecule has 0 saturated carbocycles. The lowest BCUT2D eigenvalue weighted by molar-refractivity contribution is 0.123. The summed E-state index contributed by atoms with van der Waals surface area (Å²) < 4.78 is 69.9. The SMILES string of the molecule is COCCCC/C=N/OCc1c(F)c(F)c(F)c(F)c1F. The van der Waals surface area contributed by atoms with Crippen molar-refractivity contribution >= 4 is 6.21 Å². The fraction of sp³-hybridized carbons (Fsp3) is 0.462. The highest BCUT2D eigenvalue weighted by molar-refractivity contribution is 5.56. The van der Waals surface area contributed by atoms with Crippen molar-refractivity contribution in [2.45, 2.75) is 25.9 Å². The molecule has 0 aliphatic rings. The van der Waals surface area contributed by atoms with Crippen molar-refractivity contribution in [1.29, 1.82) is 0 Å². The molecular weight excluding hydrogens is 297 g/mol. The van der Waals surface area contributed by atoms with Gasteiger partial charge in [0.05, 0.1) is 5.56 Å². The number of benzene rings is 1. The zero-order valence-electron chi connectivity index (χ0n) is 11.3. The molecule has 0 amide bonds. The fourth-order valence-electron chi connectivity index (χ4n) is 1.47. The zero-order chi connectivity index (χ0) is 15.8. The van der Waals surface area contributed by atoms with Gasteiger partial charge in [-0.1, -0.05) is 5.16 Å². The molecule has 0 heterocycles. The fourth-order valence-corrected chi connectivity index (χ4v) is 1.47. The number of halogens is 5. The highest BCUT2D eigenvalue weighted by atomic mass is 19.2. The largest absolute Gasteiger partial charge is 0.391 e. The van der Waals surface area contributed by atoms with E-state index in [-0.39, 0.29) is 0 Å². The summed E-state index contributed by atoms with van der Waals surface area (Å²) in [5, 5.41) is 3.39. The number of hydrogen-bond acceptors (Lipinski definition) is 3. The number of hydrogen-bond donors (Lipinski definition) is 0. The van der Waals surface area contributed by atoms with Gasteiger partial charge in [0.25, 0.3) is 0 Å². The molecular formula is C13H14F5NO2. The first-order valence-corrected chi connectivity index (χ1v) is 6.13. The molecule has 3 nitrogen and oxygen atoms in total. The van der Waals surface area contributed by atoms with Gasteiger partial charge in [-0.3, -0.25) is 0 Å². The van der Waals surface area contributed by atoms with Crippen LogP contribution in [0, 0.1) is 29.1 Å². The van der Waals surface area contributed by atoms with Crippen molar-refractivity contribution in [2.75, 3.05) is 13.7 Å². The Morgan fingerprint density at radius 1 is 0.905 bits per heavy atom. The number of unbranched alkanes of at least 4 members (excludes halogenated alkanes) is 2. The molecule has 118 valence electrons. The lowest BCUT2D eigenvalue weighted by Crippen LogP contribution is -2.07. The van der Waals surface area contributed by atoms with Crippen molar-refractivity contribution in [1.82, 2.24) is 0 Å². The maximum absolute atomic E-state index is 13.3. The predicted octanol–water partition coefficient (Wildman–Crippen LogP) is 3.70. The van der Waals surface area contributed by atoms with Crippen molar-refractivity contribution in [3.63, 3.8) is 0 Å². The molecule has 0 atom stereocenters. The van der Waals surface area contributed by atoms with Gasteiger partial charge in [-0.15, -0.1) is 0 Å². The number of rotatable bonds is 8. The van der Waals surface area contributed by atoms with Gasteiger partial charge in [0, 0.05) is 19.9 Å². The maximum Gasteiger partial charge on any atom is 0.200 e. The van der Waals surface area contributed by atoms with Crippen LogP contribution in [0.15, 0.2) is 5.16 Å². The first-order chi connectivity index (χ1) is 10.0. The third-order valence-corrected chi connectivity index (χ3v) is 2.59. The lowest BCUT2D eigenvalue weighted by Gasteiger charge is -2.06. The summed E-state index contributed by atoms with van der Waals surface area (Å²) in [5.41, 5.74) is -1.05. The Hall–Kier alpha value is -1.70. The second kappa shape index (κ2) is 8.56. The van der Waals surface area contributed by atoms with Gasteiger partial charge in [-0.2, -0.15) is 0 Å². The molecule has 0 N–H and O–H groups in total. The van der Waals surface area contributed by atoms with E-state index in [2.05, 4.69) is 9.99 Å². The van der Waals surface area contributed by atoms with E-state index < -0.39 is 41.3 Å². The summed E-state index contributed by atoms with van der Waals surface area (Å²) in [4.78, 5) is 4.54. The van der Waals surface area contributed by atoms with Gasteiger partial charge in [0.1, 0.15) is 6.61 Å². The van der Waals surface area contributed by atoms with E-state index in [0.29, 0.717) is 13.0 Å². The smallest absolute Gasteiger partial charge is 0.200 e. The molecule has 0 aromatic heterocycles. The number of nitrogens with zero attached hydrogens (tertiary/aromatic N) is 1. The molecule has 0 aliphatic heterocycles. The van der Waals surface area contributed by atoms with Crippen LogP contribution in [0.5, 0.6) is 0 Å². The van der Waals surface area contributed by atoms with E-state index in [1.54, 1.807) is 7.11 Å². The van der Waals surface area contributed by atoms with Crippen molar-refractivity contribution in [3.8, 4) is 0 Å². The summed E-state index contributed by atoms with van der Waals surface area (Å²) in [5.74, 6) is -10.0. The van der Waals surface area contributed by atoms with E-state index in [1.165, 1.54) is 6.21 Å². The zero-order valence-corrected chi connectivity index (χ0v) is 11.3. The highest BCUT2D eigenvalue weighted by Gasteiger charge is 2.25. The molecule has 1 aromatic rings. The summed E-state index contributed by atoms with van der Waals surface area (Å²) in [6.45, 7) is -0.250. The molecule has 1 aromatic carbocycles. The Kier molecular flexibility index (Phi) is 7.07. The quantitative estimate of drug-likeness (QED) is 0.183. The minimum atomic E-state index is -2.20. The maximum atomic E-state index is 13.3. The summed E-state index contributed by atoms with van der Waals surface area (Å²) in [7, 11) is 1.57. The normalized spacial score (nSPS) is 11.3. The molecule has 8 heteroatoms. The van der Waals surface area contributed by atoms with E-state index in [0.717, 1.165) is 12.8 Å². The Balaban J connectivity index is 2.55. The monoisotopic (exact) mass is 311 g/mol. The van der Waals surface area contributed by atoms with Crippen LogP contribution < -0.4 is 0 Å². The van der Waals surface area contributed by atoms with Gasteiger partial charge in [-0.05, 0) is 19.3 Å². The third-order valence-electron chi connectivity index (χ3n) is 2.59. The molecule has 0 bridgehead atoms. The molecule has 0 saturated heterocycles. The van der Waals surface area contributed by atoms with Gasteiger partial charge in [0.15, 0.2) is 23.3 Å². The first-order valence-electron chi connectivity index (χ1n) is 6.13. The van der Waals surface area contributed by atoms with Gasteiger partial charge >= 0.3 is 0 Å². The number of oxime groups is 1. The van der Waals surface area contributed by atoms with Crippen LogP contribution in [-0.4, -0.2) is 19.9 Å². The summed E-state index contributed by atoms with van der Waals surface area (Å²) >= 11 is 0. The third kappa shape index (κ3) is 4.66. The Morgan fingerprint density at radius 2 is 1.48 bits per heavy atom. The van der Waals surface area contributed by atoms with E-state index in [9.17, 15) is 22.0 Å². The number of methoxy groups -OCH3 is 1. The van der Waals surface area contributed by atoms with E-state index >= 15 is 0 Å². The topological polar surface area (TPSA) is 30.8 Å². The standard InChI is InChI=1S/C13H14F5NO2/c1-20-6-4-2-3-5-19-21-7-8-9(14)11(16)13(18)12(17)10(8)15/h5H,2-4,6-7H2,1H3/b19-5+. The average Bonchev–Trinajstić information content (AvgIpc) is 2.49. The van der Waals surface area contributed by atoms with Crippen LogP contribution in [-0.2, 0) is 16.2 Å². The molecule has 0 unspecified atom stereocenters. The summed E-state index contributed by atoms with van der Waals surface area (Å²) in [6, 6.07) is 0.